The fourth-order valence-corrected chi connectivity index (χ4v) is 3.42. The number of nitrogens with two attached hydrogens (primary N) is 1. The van der Waals surface area contributed by atoms with Crippen molar-refractivity contribution in [2.75, 3.05) is 18.0 Å². The van der Waals surface area contributed by atoms with Gasteiger partial charge in [0.25, 0.3) is 0 Å². The summed E-state index contributed by atoms with van der Waals surface area (Å²) in [6.07, 6.45) is 12.6. The molecule has 1 saturated carbocycles. The zero-order valence-electron chi connectivity index (χ0n) is 11.4. The predicted molar refractivity (Wildman–Crippen MR) is 87.3 cm³/mol. The van der Waals surface area contributed by atoms with Crippen LogP contribution in [0.2, 0.25) is 0 Å². The summed E-state index contributed by atoms with van der Waals surface area (Å²) < 4.78 is 1.14. The average molecular weight is 374 g/mol. The molecule has 0 bridgehead atoms. The van der Waals surface area contributed by atoms with Gasteiger partial charge in [0.05, 0.1) is 3.57 Å². The van der Waals surface area contributed by atoms with Gasteiger partial charge in [0.2, 0.25) is 0 Å². The molecule has 4 nitrogen and oxygen atoms in total. The van der Waals surface area contributed by atoms with Crippen LogP contribution >= 0.6 is 22.6 Å². The van der Waals surface area contributed by atoms with Crippen molar-refractivity contribution in [3.8, 4) is 0 Å². The van der Waals surface area contributed by atoms with Crippen molar-refractivity contribution in [2.45, 2.75) is 51.0 Å². The third-order valence-corrected chi connectivity index (χ3v) is 4.55. The van der Waals surface area contributed by atoms with Gasteiger partial charge in [-0.25, -0.2) is 9.97 Å². The van der Waals surface area contributed by atoms with Gasteiger partial charge in [0.1, 0.15) is 12.1 Å². The summed E-state index contributed by atoms with van der Waals surface area (Å²) in [5, 5.41) is 0. The minimum absolute atomic E-state index is 0.623. The zero-order chi connectivity index (χ0) is 13.5. The van der Waals surface area contributed by atoms with E-state index in [0.717, 1.165) is 28.9 Å². The Bertz CT molecular complexity index is 377. The zero-order valence-corrected chi connectivity index (χ0v) is 13.6. The molecule has 1 aliphatic carbocycles. The van der Waals surface area contributed by atoms with Crippen LogP contribution in [0, 0.1) is 3.57 Å². The number of aromatic nitrogens is 2. The molecule has 0 aromatic carbocycles. The normalized spacial score (nSPS) is 17.2. The van der Waals surface area contributed by atoms with Gasteiger partial charge in [-0.3, -0.25) is 0 Å². The highest BCUT2D eigenvalue weighted by Gasteiger charge is 2.22. The second-order valence-electron chi connectivity index (χ2n) is 5.18. The summed E-state index contributed by atoms with van der Waals surface area (Å²) in [5.41, 5.74) is 5.69. The molecule has 19 heavy (non-hydrogen) atoms. The lowest BCUT2D eigenvalue weighted by Crippen LogP contribution is -2.38. The van der Waals surface area contributed by atoms with Crippen LogP contribution in [-0.2, 0) is 0 Å². The van der Waals surface area contributed by atoms with Gasteiger partial charge in [0, 0.05) is 18.8 Å². The van der Waals surface area contributed by atoms with E-state index in [0.29, 0.717) is 6.04 Å². The monoisotopic (exact) mass is 374 g/mol. The molecule has 2 rings (SSSR count). The van der Waals surface area contributed by atoms with E-state index < -0.39 is 0 Å². The van der Waals surface area contributed by atoms with Crippen LogP contribution in [0.4, 0.5) is 5.82 Å². The van der Waals surface area contributed by atoms with Gasteiger partial charge < -0.3 is 10.6 Å². The first-order valence-electron chi connectivity index (χ1n) is 7.25. The molecule has 0 radical (unpaired) electrons. The molecule has 1 fully saturated rings. The molecule has 1 aliphatic rings. The van der Waals surface area contributed by atoms with Crippen molar-refractivity contribution in [1.29, 1.82) is 0 Å². The Morgan fingerprint density at radius 3 is 2.63 bits per heavy atom. The molecule has 0 amide bonds. The van der Waals surface area contributed by atoms with Crippen molar-refractivity contribution >= 4 is 28.4 Å². The number of rotatable bonds is 5. The molecule has 1 aromatic rings. The Kier molecular flexibility index (Phi) is 6.30. The number of halogens is 1. The Morgan fingerprint density at radius 2 is 2.00 bits per heavy atom. The van der Waals surface area contributed by atoms with Gasteiger partial charge >= 0.3 is 0 Å². The smallest absolute Gasteiger partial charge is 0.145 e. The maximum atomic E-state index is 5.69. The summed E-state index contributed by atoms with van der Waals surface area (Å²) in [6.45, 7) is 1.75. The van der Waals surface area contributed by atoms with Crippen molar-refractivity contribution in [2.24, 2.45) is 5.73 Å². The fraction of sp³-hybridized carbons (Fsp3) is 0.714. The largest absolute Gasteiger partial charge is 0.353 e. The molecule has 0 unspecified atom stereocenters. The molecule has 1 aromatic heterocycles. The van der Waals surface area contributed by atoms with E-state index in [2.05, 4.69) is 37.5 Å². The summed E-state index contributed by atoms with van der Waals surface area (Å²) in [5.74, 6) is 1.09. The highest BCUT2D eigenvalue weighted by Crippen LogP contribution is 2.28. The summed E-state index contributed by atoms with van der Waals surface area (Å²) in [6, 6.07) is 0.623. The summed E-state index contributed by atoms with van der Waals surface area (Å²) in [4.78, 5) is 11.1. The Morgan fingerprint density at radius 1 is 1.26 bits per heavy atom. The standard InChI is InChI=1S/C14H23IN4/c15-13-10-17-11-18-14(13)19(9-5-8-16)12-6-3-1-2-4-7-12/h10-12H,1-9,16H2. The van der Waals surface area contributed by atoms with Crippen molar-refractivity contribution in [3.63, 3.8) is 0 Å². The van der Waals surface area contributed by atoms with Gasteiger partial charge in [-0.15, -0.1) is 0 Å². The second kappa shape index (κ2) is 7.99. The Balaban J connectivity index is 2.16. The minimum Gasteiger partial charge on any atom is -0.353 e. The van der Waals surface area contributed by atoms with E-state index in [1.165, 1.54) is 38.5 Å². The first-order chi connectivity index (χ1) is 9.33. The summed E-state index contributed by atoms with van der Waals surface area (Å²) >= 11 is 2.34. The number of anilines is 1. The van der Waals surface area contributed by atoms with E-state index in [4.69, 9.17) is 5.73 Å². The van der Waals surface area contributed by atoms with Crippen LogP contribution in [0.3, 0.4) is 0 Å². The Labute approximate surface area is 129 Å². The SMILES string of the molecule is NCCCN(c1ncncc1I)C1CCCCCC1. The van der Waals surface area contributed by atoms with Gasteiger partial charge in [-0.1, -0.05) is 25.7 Å². The molecular weight excluding hydrogens is 351 g/mol. The third-order valence-electron chi connectivity index (χ3n) is 3.79. The highest BCUT2D eigenvalue weighted by atomic mass is 127. The molecule has 5 heteroatoms. The van der Waals surface area contributed by atoms with E-state index in [1.807, 2.05) is 6.20 Å². The molecule has 0 spiro atoms. The third kappa shape index (κ3) is 4.27. The first kappa shape index (κ1) is 15.0. The van der Waals surface area contributed by atoms with Crippen LogP contribution in [-0.4, -0.2) is 29.1 Å². The number of nitrogens with zero attached hydrogens (tertiary/aromatic N) is 3. The maximum Gasteiger partial charge on any atom is 0.145 e. The van der Waals surface area contributed by atoms with Crippen LogP contribution < -0.4 is 10.6 Å². The van der Waals surface area contributed by atoms with Gasteiger partial charge in [0.15, 0.2) is 0 Å². The molecule has 0 saturated heterocycles. The van der Waals surface area contributed by atoms with Gasteiger partial charge in [-0.2, -0.15) is 0 Å². The lowest BCUT2D eigenvalue weighted by atomic mass is 10.1. The Hall–Kier alpha value is -0.430. The van der Waals surface area contributed by atoms with Crippen molar-refractivity contribution in [1.82, 2.24) is 9.97 Å². The first-order valence-corrected chi connectivity index (χ1v) is 8.33. The highest BCUT2D eigenvalue weighted by molar-refractivity contribution is 14.1. The molecule has 2 N–H and O–H groups in total. The quantitative estimate of drug-likeness (QED) is 0.636. The minimum atomic E-state index is 0.623. The van der Waals surface area contributed by atoms with E-state index in [9.17, 15) is 0 Å². The van der Waals surface area contributed by atoms with Crippen molar-refractivity contribution < 1.29 is 0 Å². The molecule has 0 aliphatic heterocycles. The van der Waals surface area contributed by atoms with Gasteiger partial charge in [-0.05, 0) is 48.4 Å². The second-order valence-corrected chi connectivity index (χ2v) is 6.34. The van der Waals surface area contributed by atoms with Crippen molar-refractivity contribution in [3.05, 3.63) is 16.1 Å². The lowest BCUT2D eigenvalue weighted by Gasteiger charge is -2.32. The van der Waals surface area contributed by atoms with E-state index in [1.54, 1.807) is 6.33 Å². The lowest BCUT2D eigenvalue weighted by molar-refractivity contribution is 0.514. The number of hydrogen-bond acceptors (Lipinski definition) is 4. The maximum absolute atomic E-state index is 5.69. The molecular formula is C14H23IN4. The van der Waals surface area contributed by atoms with Crippen LogP contribution in [0.1, 0.15) is 44.9 Å². The van der Waals surface area contributed by atoms with E-state index >= 15 is 0 Å². The van der Waals surface area contributed by atoms with E-state index in [-0.39, 0.29) is 0 Å². The van der Waals surface area contributed by atoms with Crippen LogP contribution in [0.25, 0.3) is 0 Å². The molecule has 0 atom stereocenters. The molecule has 1 heterocycles. The molecule has 106 valence electrons. The van der Waals surface area contributed by atoms with Crippen LogP contribution in [0.5, 0.6) is 0 Å². The summed E-state index contributed by atoms with van der Waals surface area (Å²) in [7, 11) is 0. The average Bonchev–Trinajstić information content (AvgIpc) is 2.70. The fourth-order valence-electron chi connectivity index (χ4n) is 2.81. The number of hydrogen-bond donors (Lipinski definition) is 1. The van der Waals surface area contributed by atoms with Crippen LogP contribution in [0.15, 0.2) is 12.5 Å². The predicted octanol–water partition coefficient (Wildman–Crippen LogP) is 2.96. The topological polar surface area (TPSA) is 55.0 Å².